The summed E-state index contributed by atoms with van der Waals surface area (Å²) in [4.78, 5) is 26.4. The van der Waals surface area contributed by atoms with Gasteiger partial charge in [0, 0.05) is 18.8 Å². The van der Waals surface area contributed by atoms with Crippen LogP contribution in [0.2, 0.25) is 0 Å². The fourth-order valence-corrected chi connectivity index (χ4v) is 3.36. The third-order valence-electron chi connectivity index (χ3n) is 4.78. The van der Waals surface area contributed by atoms with Gasteiger partial charge in [0.15, 0.2) is 0 Å². The Labute approximate surface area is 151 Å². The second kappa shape index (κ2) is 10.2. The Morgan fingerprint density at radius 3 is 2.76 bits per heavy atom. The lowest BCUT2D eigenvalue weighted by Crippen LogP contribution is -2.37. The van der Waals surface area contributed by atoms with Gasteiger partial charge in [-0.3, -0.25) is 9.59 Å². The Bertz CT molecular complexity index is 574. The Hall–Kier alpha value is -1.88. The first-order valence-electron chi connectivity index (χ1n) is 9.49. The molecule has 1 unspecified atom stereocenters. The molecule has 5 nitrogen and oxygen atoms in total. The number of amides is 2. The van der Waals surface area contributed by atoms with Crippen LogP contribution >= 0.6 is 0 Å². The summed E-state index contributed by atoms with van der Waals surface area (Å²) in [6.45, 7) is 8.33. The predicted molar refractivity (Wildman–Crippen MR) is 102 cm³/mol. The highest BCUT2D eigenvalue weighted by atomic mass is 16.2. The van der Waals surface area contributed by atoms with Crippen LogP contribution in [-0.2, 0) is 16.0 Å². The summed E-state index contributed by atoms with van der Waals surface area (Å²) < 4.78 is 0. The molecule has 25 heavy (non-hydrogen) atoms. The van der Waals surface area contributed by atoms with Crippen LogP contribution in [0.5, 0.6) is 0 Å². The minimum atomic E-state index is -0.592. The number of rotatable bonds is 7. The molecule has 1 atom stereocenters. The monoisotopic (exact) mass is 345 g/mol. The van der Waals surface area contributed by atoms with Crippen LogP contribution in [0.25, 0.3) is 0 Å². The molecule has 138 valence electrons. The standard InChI is InChI=1S/C20H31N3O2/c1-3-17-10-4-5-11-18(17)22-20(25)19(24)21-12-6-7-13-23-14-8-9-16(2)15-23/h4-5,10-11,16H,3,6-9,12-15H2,1-2H3,(H,21,24)(H,22,25). The molecule has 1 saturated heterocycles. The van der Waals surface area contributed by atoms with Crippen LogP contribution in [0, 0.1) is 5.92 Å². The Morgan fingerprint density at radius 2 is 2.00 bits per heavy atom. The van der Waals surface area contributed by atoms with Gasteiger partial charge in [0.25, 0.3) is 0 Å². The number of anilines is 1. The average molecular weight is 345 g/mol. The van der Waals surface area contributed by atoms with Gasteiger partial charge in [-0.2, -0.15) is 0 Å². The van der Waals surface area contributed by atoms with Crippen LogP contribution < -0.4 is 10.6 Å². The molecule has 1 aromatic carbocycles. The van der Waals surface area contributed by atoms with Crippen molar-refractivity contribution in [2.75, 3.05) is 31.5 Å². The SMILES string of the molecule is CCc1ccccc1NC(=O)C(=O)NCCCCN1CCCC(C)C1. The molecule has 5 heteroatoms. The van der Waals surface area contributed by atoms with Crippen molar-refractivity contribution in [1.82, 2.24) is 10.2 Å². The molecule has 0 saturated carbocycles. The van der Waals surface area contributed by atoms with E-state index in [2.05, 4.69) is 22.5 Å². The van der Waals surface area contributed by atoms with E-state index in [0.717, 1.165) is 37.3 Å². The number of para-hydroxylation sites is 1. The molecule has 0 aromatic heterocycles. The van der Waals surface area contributed by atoms with Crippen LogP contribution in [0.15, 0.2) is 24.3 Å². The van der Waals surface area contributed by atoms with Gasteiger partial charge >= 0.3 is 11.8 Å². The number of carbonyl (C=O) groups excluding carboxylic acids is 2. The molecule has 1 heterocycles. The number of hydrogen-bond acceptors (Lipinski definition) is 3. The fraction of sp³-hybridized carbons (Fsp3) is 0.600. The molecule has 0 spiro atoms. The van der Waals surface area contributed by atoms with Crippen LogP contribution in [0.1, 0.15) is 45.1 Å². The van der Waals surface area contributed by atoms with E-state index in [-0.39, 0.29) is 0 Å². The number of aryl methyl sites for hydroxylation is 1. The number of likely N-dealkylation sites (tertiary alicyclic amines) is 1. The molecule has 1 aromatic rings. The fourth-order valence-electron chi connectivity index (χ4n) is 3.36. The van der Waals surface area contributed by atoms with E-state index in [1.807, 2.05) is 31.2 Å². The summed E-state index contributed by atoms with van der Waals surface area (Å²) >= 11 is 0. The van der Waals surface area contributed by atoms with E-state index in [1.165, 1.54) is 25.9 Å². The van der Waals surface area contributed by atoms with Crippen LogP contribution in [0.4, 0.5) is 5.69 Å². The van der Waals surface area contributed by atoms with Crippen molar-refractivity contribution in [2.24, 2.45) is 5.92 Å². The highest BCUT2D eigenvalue weighted by molar-refractivity contribution is 6.39. The van der Waals surface area contributed by atoms with Gasteiger partial charge in [0.2, 0.25) is 0 Å². The molecular weight excluding hydrogens is 314 g/mol. The van der Waals surface area contributed by atoms with Crippen molar-refractivity contribution in [1.29, 1.82) is 0 Å². The zero-order chi connectivity index (χ0) is 18.1. The van der Waals surface area contributed by atoms with E-state index in [4.69, 9.17) is 0 Å². The largest absolute Gasteiger partial charge is 0.348 e. The molecule has 0 radical (unpaired) electrons. The average Bonchev–Trinajstić information content (AvgIpc) is 2.61. The third kappa shape index (κ3) is 6.50. The minimum absolute atomic E-state index is 0.547. The van der Waals surface area contributed by atoms with Crippen molar-refractivity contribution in [3.05, 3.63) is 29.8 Å². The normalized spacial score (nSPS) is 17.9. The summed E-state index contributed by atoms with van der Waals surface area (Å²) in [5.74, 6) is -0.355. The lowest BCUT2D eigenvalue weighted by atomic mass is 10.0. The maximum Gasteiger partial charge on any atom is 0.313 e. The predicted octanol–water partition coefficient (Wildman–Crippen LogP) is 2.82. The first-order chi connectivity index (χ1) is 12.1. The van der Waals surface area contributed by atoms with Crippen molar-refractivity contribution >= 4 is 17.5 Å². The summed E-state index contributed by atoms with van der Waals surface area (Å²) in [6.07, 6.45) is 5.38. The number of hydrogen-bond donors (Lipinski definition) is 2. The van der Waals surface area contributed by atoms with Crippen molar-refractivity contribution in [3.8, 4) is 0 Å². The van der Waals surface area contributed by atoms with Crippen molar-refractivity contribution < 1.29 is 9.59 Å². The zero-order valence-electron chi connectivity index (χ0n) is 15.5. The van der Waals surface area contributed by atoms with Gasteiger partial charge in [-0.1, -0.05) is 32.0 Å². The summed E-state index contributed by atoms with van der Waals surface area (Å²) in [5.41, 5.74) is 1.74. The number of piperidine rings is 1. The van der Waals surface area contributed by atoms with Gasteiger partial charge in [-0.05, 0) is 62.7 Å². The highest BCUT2D eigenvalue weighted by Crippen LogP contribution is 2.16. The number of unbranched alkanes of at least 4 members (excludes halogenated alkanes) is 1. The molecule has 2 N–H and O–H groups in total. The van der Waals surface area contributed by atoms with Gasteiger partial charge in [0.05, 0.1) is 0 Å². The van der Waals surface area contributed by atoms with Gasteiger partial charge in [-0.25, -0.2) is 0 Å². The number of carbonyl (C=O) groups is 2. The van der Waals surface area contributed by atoms with Gasteiger partial charge < -0.3 is 15.5 Å². The van der Waals surface area contributed by atoms with E-state index in [1.54, 1.807) is 0 Å². The second-order valence-electron chi connectivity index (χ2n) is 6.98. The molecule has 0 bridgehead atoms. The first kappa shape index (κ1) is 19.4. The number of benzene rings is 1. The molecule has 1 aliphatic heterocycles. The third-order valence-corrected chi connectivity index (χ3v) is 4.78. The quantitative estimate of drug-likeness (QED) is 0.590. The summed E-state index contributed by atoms with van der Waals surface area (Å²) in [5, 5.41) is 5.42. The van der Waals surface area contributed by atoms with Gasteiger partial charge in [-0.15, -0.1) is 0 Å². The zero-order valence-corrected chi connectivity index (χ0v) is 15.5. The smallest absolute Gasteiger partial charge is 0.313 e. The molecule has 1 fully saturated rings. The van der Waals surface area contributed by atoms with Crippen molar-refractivity contribution in [3.63, 3.8) is 0 Å². The van der Waals surface area contributed by atoms with E-state index in [9.17, 15) is 9.59 Å². The number of nitrogens with zero attached hydrogens (tertiary/aromatic N) is 1. The molecular formula is C20H31N3O2. The molecule has 2 amide bonds. The maximum atomic E-state index is 12.0. The van der Waals surface area contributed by atoms with E-state index < -0.39 is 11.8 Å². The molecule has 1 aliphatic rings. The number of nitrogens with one attached hydrogen (secondary N) is 2. The van der Waals surface area contributed by atoms with Gasteiger partial charge in [0.1, 0.15) is 0 Å². The lowest BCUT2D eigenvalue weighted by molar-refractivity contribution is -0.136. The summed E-state index contributed by atoms with van der Waals surface area (Å²) in [7, 11) is 0. The highest BCUT2D eigenvalue weighted by Gasteiger charge is 2.16. The minimum Gasteiger partial charge on any atom is -0.348 e. The van der Waals surface area contributed by atoms with Crippen LogP contribution in [0.3, 0.4) is 0 Å². The maximum absolute atomic E-state index is 12.0. The van der Waals surface area contributed by atoms with E-state index >= 15 is 0 Å². The molecule has 0 aliphatic carbocycles. The van der Waals surface area contributed by atoms with Crippen LogP contribution in [-0.4, -0.2) is 42.9 Å². The summed E-state index contributed by atoms with van der Waals surface area (Å²) in [6, 6.07) is 7.56. The molecule has 2 rings (SSSR count). The van der Waals surface area contributed by atoms with E-state index in [0.29, 0.717) is 12.2 Å². The first-order valence-corrected chi connectivity index (χ1v) is 9.49. The Kier molecular flexibility index (Phi) is 7.92. The Balaban J connectivity index is 1.63. The second-order valence-corrected chi connectivity index (χ2v) is 6.98. The Morgan fingerprint density at radius 1 is 1.20 bits per heavy atom. The van der Waals surface area contributed by atoms with Crippen molar-refractivity contribution in [2.45, 2.75) is 46.0 Å². The lowest BCUT2D eigenvalue weighted by Gasteiger charge is -2.30. The topological polar surface area (TPSA) is 61.4 Å².